The number of nitriles is 1. The maximum absolute atomic E-state index is 12.4. The first-order chi connectivity index (χ1) is 13.0. The number of nitrogens with zero attached hydrogens (tertiary/aromatic N) is 2. The Morgan fingerprint density at radius 2 is 1.96 bits per heavy atom. The van der Waals surface area contributed by atoms with E-state index in [1.165, 1.54) is 0 Å². The first-order valence-corrected chi connectivity index (χ1v) is 8.46. The molecule has 2 aromatic carbocycles. The normalized spacial score (nSPS) is 13.1. The van der Waals surface area contributed by atoms with Gasteiger partial charge in [0.1, 0.15) is 12.4 Å². The topological polar surface area (TPSA) is 106 Å². The van der Waals surface area contributed by atoms with Crippen LogP contribution in [-0.4, -0.2) is 24.2 Å². The zero-order valence-electron chi connectivity index (χ0n) is 15.1. The van der Waals surface area contributed by atoms with Crippen molar-refractivity contribution in [2.45, 2.75) is 20.3 Å². The summed E-state index contributed by atoms with van der Waals surface area (Å²) in [7, 11) is 0. The van der Waals surface area contributed by atoms with Crippen molar-refractivity contribution >= 4 is 23.3 Å². The SMILES string of the molecule is Cc1cc(C)c(CC(=O)Nc2ccc(C3=NCC(=O)NN3)cc2)c(C#N)c1. The lowest BCUT2D eigenvalue weighted by Gasteiger charge is -2.16. The third-order valence-corrected chi connectivity index (χ3v) is 4.22. The number of aryl methyl sites for hydroxylation is 2. The number of amides is 2. The highest BCUT2D eigenvalue weighted by Crippen LogP contribution is 2.18. The van der Waals surface area contributed by atoms with Crippen LogP contribution in [0.3, 0.4) is 0 Å². The van der Waals surface area contributed by atoms with Gasteiger partial charge in [-0.25, -0.2) is 0 Å². The molecule has 0 unspecified atom stereocenters. The maximum atomic E-state index is 12.4. The molecule has 7 heteroatoms. The molecule has 0 aliphatic carbocycles. The predicted molar refractivity (Wildman–Crippen MR) is 102 cm³/mol. The monoisotopic (exact) mass is 361 g/mol. The Morgan fingerprint density at radius 3 is 2.59 bits per heavy atom. The first kappa shape index (κ1) is 18.1. The molecule has 2 aromatic rings. The highest BCUT2D eigenvalue weighted by atomic mass is 16.2. The number of aliphatic imine (C=N–C) groups is 1. The molecule has 1 aliphatic heterocycles. The Balaban J connectivity index is 1.69. The lowest BCUT2D eigenvalue weighted by atomic mass is 9.97. The number of hydrazine groups is 1. The first-order valence-electron chi connectivity index (χ1n) is 8.46. The molecular formula is C20H19N5O2. The summed E-state index contributed by atoms with van der Waals surface area (Å²) < 4.78 is 0. The molecule has 27 heavy (non-hydrogen) atoms. The van der Waals surface area contributed by atoms with E-state index in [0.29, 0.717) is 17.1 Å². The Hall–Kier alpha value is -3.66. The van der Waals surface area contributed by atoms with E-state index in [4.69, 9.17) is 0 Å². The van der Waals surface area contributed by atoms with Gasteiger partial charge in [0.2, 0.25) is 5.91 Å². The zero-order valence-corrected chi connectivity index (χ0v) is 15.1. The van der Waals surface area contributed by atoms with Crippen molar-refractivity contribution < 1.29 is 9.59 Å². The van der Waals surface area contributed by atoms with Gasteiger partial charge in [-0.05, 0) is 60.9 Å². The lowest BCUT2D eigenvalue weighted by molar-refractivity contribution is -0.120. The number of anilines is 1. The molecule has 3 rings (SSSR count). The van der Waals surface area contributed by atoms with Crippen molar-refractivity contribution in [2.24, 2.45) is 4.99 Å². The van der Waals surface area contributed by atoms with Crippen LogP contribution in [0.4, 0.5) is 5.69 Å². The molecule has 0 spiro atoms. The predicted octanol–water partition coefficient (Wildman–Crippen LogP) is 1.74. The molecule has 136 valence electrons. The van der Waals surface area contributed by atoms with Crippen LogP contribution < -0.4 is 16.2 Å². The second-order valence-electron chi connectivity index (χ2n) is 6.36. The minimum Gasteiger partial charge on any atom is -0.326 e. The van der Waals surface area contributed by atoms with Gasteiger partial charge in [-0.1, -0.05) is 6.07 Å². The maximum Gasteiger partial charge on any atom is 0.260 e. The molecule has 0 radical (unpaired) electrons. The summed E-state index contributed by atoms with van der Waals surface area (Å²) in [6.45, 7) is 3.91. The van der Waals surface area contributed by atoms with Gasteiger partial charge in [-0.2, -0.15) is 5.26 Å². The van der Waals surface area contributed by atoms with E-state index < -0.39 is 0 Å². The summed E-state index contributed by atoms with van der Waals surface area (Å²) in [5.41, 5.74) is 9.89. The summed E-state index contributed by atoms with van der Waals surface area (Å²) in [5.74, 6) is 0.193. The van der Waals surface area contributed by atoms with Gasteiger partial charge in [-0.15, -0.1) is 0 Å². The Morgan fingerprint density at radius 1 is 1.22 bits per heavy atom. The summed E-state index contributed by atoms with van der Waals surface area (Å²) >= 11 is 0. The van der Waals surface area contributed by atoms with E-state index in [0.717, 1.165) is 22.3 Å². The highest BCUT2D eigenvalue weighted by Gasteiger charge is 2.13. The van der Waals surface area contributed by atoms with Gasteiger partial charge in [0.25, 0.3) is 5.91 Å². The Kier molecular flexibility index (Phi) is 5.18. The van der Waals surface area contributed by atoms with Crippen LogP contribution in [0.1, 0.15) is 27.8 Å². The smallest absolute Gasteiger partial charge is 0.260 e. The van der Waals surface area contributed by atoms with Crippen molar-refractivity contribution in [3.05, 3.63) is 64.2 Å². The van der Waals surface area contributed by atoms with Crippen molar-refractivity contribution in [2.75, 3.05) is 11.9 Å². The van der Waals surface area contributed by atoms with Crippen LogP contribution in [0, 0.1) is 25.2 Å². The quantitative estimate of drug-likeness (QED) is 0.771. The van der Waals surface area contributed by atoms with Crippen molar-refractivity contribution in [1.82, 2.24) is 10.9 Å². The van der Waals surface area contributed by atoms with Crippen molar-refractivity contribution in [1.29, 1.82) is 5.26 Å². The summed E-state index contributed by atoms with van der Waals surface area (Å²) in [5, 5.41) is 12.2. The molecule has 1 heterocycles. The Bertz CT molecular complexity index is 971. The van der Waals surface area contributed by atoms with E-state index in [9.17, 15) is 14.9 Å². The molecule has 0 saturated carbocycles. The molecule has 2 amide bonds. The lowest BCUT2D eigenvalue weighted by Crippen LogP contribution is -2.47. The van der Waals surface area contributed by atoms with Crippen LogP contribution in [0.15, 0.2) is 41.4 Å². The number of nitrogens with one attached hydrogen (secondary N) is 3. The molecule has 1 aliphatic rings. The number of amidine groups is 1. The molecule has 7 nitrogen and oxygen atoms in total. The third-order valence-electron chi connectivity index (χ3n) is 4.22. The average molecular weight is 361 g/mol. The number of hydrogen-bond acceptors (Lipinski definition) is 5. The molecule has 0 atom stereocenters. The van der Waals surface area contributed by atoms with Crippen LogP contribution in [0.2, 0.25) is 0 Å². The fraction of sp³-hybridized carbons (Fsp3) is 0.200. The zero-order chi connectivity index (χ0) is 19.4. The fourth-order valence-corrected chi connectivity index (χ4v) is 2.93. The fourth-order valence-electron chi connectivity index (χ4n) is 2.93. The van der Waals surface area contributed by atoms with E-state index in [1.807, 2.05) is 19.9 Å². The molecule has 0 fully saturated rings. The number of hydrogen-bond donors (Lipinski definition) is 3. The van der Waals surface area contributed by atoms with Crippen molar-refractivity contribution in [3.8, 4) is 6.07 Å². The Labute approximate surface area is 157 Å². The van der Waals surface area contributed by atoms with Crippen LogP contribution in [-0.2, 0) is 16.0 Å². The van der Waals surface area contributed by atoms with Gasteiger partial charge in [-0.3, -0.25) is 25.4 Å². The minimum atomic E-state index is -0.189. The summed E-state index contributed by atoms with van der Waals surface area (Å²) in [6.07, 6.45) is 0.136. The number of carbonyl (C=O) groups is 2. The number of benzene rings is 2. The van der Waals surface area contributed by atoms with Crippen molar-refractivity contribution in [3.63, 3.8) is 0 Å². The van der Waals surface area contributed by atoms with Gasteiger partial charge in [0, 0.05) is 11.3 Å². The minimum absolute atomic E-state index is 0.0813. The van der Waals surface area contributed by atoms with E-state index in [-0.39, 0.29) is 24.8 Å². The summed E-state index contributed by atoms with van der Waals surface area (Å²) in [4.78, 5) is 27.6. The van der Waals surface area contributed by atoms with Crippen LogP contribution >= 0.6 is 0 Å². The molecule has 0 aromatic heterocycles. The van der Waals surface area contributed by atoms with Gasteiger partial charge in [0.15, 0.2) is 0 Å². The second kappa shape index (κ2) is 7.70. The number of rotatable bonds is 4. The van der Waals surface area contributed by atoms with Crippen LogP contribution in [0.25, 0.3) is 0 Å². The van der Waals surface area contributed by atoms with Gasteiger partial charge in [0.05, 0.1) is 18.1 Å². The standard InChI is InChI=1S/C20H19N5O2/c1-12-7-13(2)17(15(8-12)10-21)9-18(26)23-16-5-3-14(4-6-16)20-22-11-19(27)24-25-20/h3-8H,9,11H2,1-2H3,(H,22,25)(H,23,26)(H,24,27). The van der Waals surface area contributed by atoms with Gasteiger partial charge >= 0.3 is 0 Å². The van der Waals surface area contributed by atoms with E-state index in [1.54, 1.807) is 30.3 Å². The van der Waals surface area contributed by atoms with E-state index >= 15 is 0 Å². The third kappa shape index (κ3) is 4.30. The number of carbonyl (C=O) groups excluding carboxylic acids is 2. The average Bonchev–Trinajstić information content (AvgIpc) is 2.65. The largest absolute Gasteiger partial charge is 0.326 e. The summed E-state index contributed by atoms with van der Waals surface area (Å²) in [6, 6.07) is 13.1. The van der Waals surface area contributed by atoms with Crippen LogP contribution in [0.5, 0.6) is 0 Å². The molecule has 0 saturated heterocycles. The molecular weight excluding hydrogens is 342 g/mol. The highest BCUT2D eigenvalue weighted by molar-refractivity contribution is 6.03. The molecule has 0 bridgehead atoms. The van der Waals surface area contributed by atoms with E-state index in [2.05, 4.69) is 27.2 Å². The second-order valence-corrected chi connectivity index (χ2v) is 6.36. The van der Waals surface area contributed by atoms with Gasteiger partial charge < -0.3 is 5.32 Å². The molecule has 3 N–H and O–H groups in total.